The minimum atomic E-state index is -0.423. The van der Waals surface area contributed by atoms with E-state index in [0.29, 0.717) is 23.2 Å². The zero-order chi connectivity index (χ0) is 16.2. The van der Waals surface area contributed by atoms with E-state index in [-0.39, 0.29) is 11.0 Å². The third-order valence-corrected chi connectivity index (χ3v) is 3.54. The van der Waals surface area contributed by atoms with Crippen molar-refractivity contribution in [3.05, 3.63) is 70.3 Å². The first kappa shape index (κ1) is 14.8. The topological polar surface area (TPSA) is 84.1 Å². The molecule has 3 aromatic rings. The van der Waals surface area contributed by atoms with E-state index in [1.165, 1.54) is 13.3 Å². The highest BCUT2D eigenvalue weighted by Crippen LogP contribution is 2.20. The highest BCUT2D eigenvalue weighted by molar-refractivity contribution is 5.97. The molecule has 3 rings (SSSR count). The Morgan fingerprint density at radius 1 is 1.26 bits per heavy atom. The van der Waals surface area contributed by atoms with Gasteiger partial charge in [-0.25, -0.2) is 0 Å². The van der Waals surface area contributed by atoms with Gasteiger partial charge in [-0.1, -0.05) is 6.07 Å². The Morgan fingerprint density at radius 3 is 2.78 bits per heavy atom. The van der Waals surface area contributed by atoms with Gasteiger partial charge in [0.15, 0.2) is 0 Å². The highest BCUT2D eigenvalue weighted by atomic mass is 16.5. The molecule has 0 aliphatic carbocycles. The summed E-state index contributed by atoms with van der Waals surface area (Å²) in [6.07, 6.45) is 4.71. The standard InChI is InChI=1S/C17H15N3O3/c1-23-14-4-2-3-12-15(14)19-10-13(16(12)21)17(22)20-9-11-5-7-18-8-6-11/h2-8,10H,9H2,1H3,(H,19,21)(H,20,22). The summed E-state index contributed by atoms with van der Waals surface area (Å²) in [6.45, 7) is 0.330. The minimum absolute atomic E-state index is 0.0693. The number of rotatable bonds is 4. The van der Waals surface area contributed by atoms with Crippen molar-refractivity contribution >= 4 is 16.8 Å². The Labute approximate surface area is 132 Å². The third kappa shape index (κ3) is 2.91. The fourth-order valence-electron chi connectivity index (χ4n) is 2.34. The maximum atomic E-state index is 12.5. The molecule has 23 heavy (non-hydrogen) atoms. The average Bonchev–Trinajstić information content (AvgIpc) is 2.60. The fourth-order valence-corrected chi connectivity index (χ4v) is 2.34. The van der Waals surface area contributed by atoms with E-state index < -0.39 is 5.91 Å². The van der Waals surface area contributed by atoms with E-state index in [9.17, 15) is 9.59 Å². The summed E-state index contributed by atoms with van der Waals surface area (Å²) in [5.74, 6) is 0.135. The number of carbonyl (C=O) groups is 1. The Morgan fingerprint density at radius 2 is 2.04 bits per heavy atom. The first-order valence-corrected chi connectivity index (χ1v) is 7.06. The number of carbonyl (C=O) groups excluding carboxylic acids is 1. The molecule has 0 radical (unpaired) electrons. The predicted octanol–water partition coefficient (Wildman–Crippen LogP) is 1.86. The zero-order valence-electron chi connectivity index (χ0n) is 12.5. The molecule has 6 nitrogen and oxygen atoms in total. The Hall–Kier alpha value is -3.15. The molecular weight excluding hydrogens is 294 g/mol. The number of aromatic nitrogens is 2. The monoisotopic (exact) mass is 309 g/mol. The van der Waals surface area contributed by atoms with Crippen LogP contribution in [-0.4, -0.2) is 23.0 Å². The van der Waals surface area contributed by atoms with Crippen LogP contribution in [0.2, 0.25) is 0 Å². The van der Waals surface area contributed by atoms with Gasteiger partial charge in [0.05, 0.1) is 18.0 Å². The molecule has 1 amide bonds. The number of amides is 1. The SMILES string of the molecule is COc1cccc2c(=O)c(C(=O)NCc3ccncc3)c[nH]c12. The van der Waals surface area contributed by atoms with Crippen LogP contribution in [0.25, 0.3) is 10.9 Å². The fraction of sp³-hybridized carbons (Fsp3) is 0.118. The summed E-state index contributed by atoms with van der Waals surface area (Å²) in [5.41, 5.74) is 1.22. The van der Waals surface area contributed by atoms with Crippen LogP contribution in [0.3, 0.4) is 0 Å². The Kier molecular flexibility index (Phi) is 4.05. The molecule has 0 saturated carbocycles. The van der Waals surface area contributed by atoms with E-state index in [1.807, 2.05) is 0 Å². The number of nitrogens with one attached hydrogen (secondary N) is 2. The van der Waals surface area contributed by atoms with Gasteiger partial charge < -0.3 is 15.0 Å². The number of hydrogen-bond donors (Lipinski definition) is 2. The second kappa shape index (κ2) is 6.31. The van der Waals surface area contributed by atoms with Crippen LogP contribution in [0.1, 0.15) is 15.9 Å². The number of hydrogen-bond acceptors (Lipinski definition) is 4. The van der Waals surface area contributed by atoms with E-state index in [2.05, 4.69) is 15.3 Å². The molecule has 0 unspecified atom stereocenters. The van der Waals surface area contributed by atoms with Gasteiger partial charge in [-0.2, -0.15) is 0 Å². The van der Waals surface area contributed by atoms with Gasteiger partial charge >= 0.3 is 0 Å². The molecule has 0 aliphatic heterocycles. The minimum Gasteiger partial charge on any atom is -0.495 e. The van der Waals surface area contributed by atoms with E-state index in [1.54, 1.807) is 42.7 Å². The second-order valence-corrected chi connectivity index (χ2v) is 4.95. The van der Waals surface area contributed by atoms with Crippen LogP contribution in [0, 0.1) is 0 Å². The average molecular weight is 309 g/mol. The summed E-state index contributed by atoms with van der Waals surface area (Å²) in [7, 11) is 1.53. The molecule has 1 aromatic carbocycles. The molecule has 0 aliphatic rings. The molecule has 2 aromatic heterocycles. The number of para-hydroxylation sites is 1. The Balaban J connectivity index is 1.89. The molecule has 2 heterocycles. The van der Waals surface area contributed by atoms with Gasteiger partial charge in [-0.3, -0.25) is 14.6 Å². The maximum absolute atomic E-state index is 12.5. The zero-order valence-corrected chi connectivity index (χ0v) is 12.5. The van der Waals surface area contributed by atoms with Gasteiger partial charge in [0, 0.05) is 25.1 Å². The highest BCUT2D eigenvalue weighted by Gasteiger charge is 2.14. The molecular formula is C17H15N3O3. The van der Waals surface area contributed by atoms with Crippen LogP contribution >= 0.6 is 0 Å². The summed E-state index contributed by atoms with van der Waals surface area (Å²) < 4.78 is 5.21. The molecule has 0 spiro atoms. The molecule has 6 heteroatoms. The van der Waals surface area contributed by atoms with Gasteiger partial charge in [-0.15, -0.1) is 0 Å². The smallest absolute Gasteiger partial charge is 0.257 e. The number of fused-ring (bicyclic) bond motifs is 1. The molecule has 2 N–H and O–H groups in total. The lowest BCUT2D eigenvalue weighted by atomic mass is 10.1. The molecule has 0 atom stereocenters. The number of benzene rings is 1. The van der Waals surface area contributed by atoms with Crippen LogP contribution in [0.5, 0.6) is 5.75 Å². The quantitative estimate of drug-likeness (QED) is 0.770. The van der Waals surface area contributed by atoms with Gasteiger partial charge in [0.2, 0.25) is 5.43 Å². The number of pyridine rings is 2. The van der Waals surface area contributed by atoms with Crippen molar-refractivity contribution in [2.45, 2.75) is 6.54 Å². The lowest BCUT2D eigenvalue weighted by Crippen LogP contribution is -2.28. The summed E-state index contributed by atoms with van der Waals surface area (Å²) in [4.78, 5) is 31.6. The van der Waals surface area contributed by atoms with Crippen molar-refractivity contribution in [2.75, 3.05) is 7.11 Å². The van der Waals surface area contributed by atoms with Gasteiger partial charge in [-0.05, 0) is 29.8 Å². The van der Waals surface area contributed by atoms with Crippen LogP contribution in [0.4, 0.5) is 0 Å². The lowest BCUT2D eigenvalue weighted by molar-refractivity contribution is 0.0949. The van der Waals surface area contributed by atoms with Crippen molar-refractivity contribution in [3.8, 4) is 5.75 Å². The molecule has 0 fully saturated rings. The maximum Gasteiger partial charge on any atom is 0.257 e. The molecule has 0 bridgehead atoms. The number of ether oxygens (including phenoxy) is 1. The van der Waals surface area contributed by atoms with Gasteiger partial charge in [0.25, 0.3) is 5.91 Å². The number of nitrogens with zero attached hydrogens (tertiary/aromatic N) is 1. The van der Waals surface area contributed by atoms with Crippen molar-refractivity contribution in [1.29, 1.82) is 0 Å². The van der Waals surface area contributed by atoms with E-state index >= 15 is 0 Å². The number of H-pyrrole nitrogens is 1. The first-order chi connectivity index (χ1) is 11.2. The van der Waals surface area contributed by atoms with Crippen molar-refractivity contribution in [3.63, 3.8) is 0 Å². The Bertz CT molecular complexity index is 904. The van der Waals surface area contributed by atoms with Crippen molar-refractivity contribution < 1.29 is 9.53 Å². The summed E-state index contributed by atoms with van der Waals surface area (Å²) in [5, 5.41) is 3.15. The molecule has 0 saturated heterocycles. The van der Waals surface area contributed by atoms with Crippen LogP contribution in [-0.2, 0) is 6.54 Å². The predicted molar refractivity (Wildman–Crippen MR) is 86.5 cm³/mol. The third-order valence-electron chi connectivity index (χ3n) is 3.54. The van der Waals surface area contributed by atoms with Crippen LogP contribution < -0.4 is 15.5 Å². The van der Waals surface area contributed by atoms with Gasteiger partial charge in [0.1, 0.15) is 11.3 Å². The summed E-state index contributed by atoms with van der Waals surface area (Å²) >= 11 is 0. The normalized spacial score (nSPS) is 10.5. The number of aromatic amines is 1. The lowest BCUT2D eigenvalue weighted by Gasteiger charge is -2.08. The second-order valence-electron chi connectivity index (χ2n) is 4.95. The van der Waals surface area contributed by atoms with Crippen LogP contribution in [0.15, 0.2) is 53.7 Å². The van der Waals surface area contributed by atoms with Crippen molar-refractivity contribution in [2.24, 2.45) is 0 Å². The number of methoxy groups -OCH3 is 1. The summed E-state index contributed by atoms with van der Waals surface area (Å²) in [6, 6.07) is 8.73. The molecule has 116 valence electrons. The van der Waals surface area contributed by atoms with E-state index in [4.69, 9.17) is 4.74 Å². The largest absolute Gasteiger partial charge is 0.495 e. The first-order valence-electron chi connectivity index (χ1n) is 7.06. The van der Waals surface area contributed by atoms with Crippen molar-refractivity contribution in [1.82, 2.24) is 15.3 Å². The van der Waals surface area contributed by atoms with E-state index in [0.717, 1.165) is 5.56 Å².